The summed E-state index contributed by atoms with van der Waals surface area (Å²) in [6, 6.07) is 86.1. The number of carbonyl (C=O) groups excluding carboxylic acids is 4. The smallest absolute Gasteiger partial charge is 0.267 e. The van der Waals surface area contributed by atoms with Gasteiger partial charge in [0, 0.05) is 44.5 Å². The van der Waals surface area contributed by atoms with E-state index in [4.69, 9.17) is 18.9 Å². The van der Waals surface area contributed by atoms with E-state index in [1.54, 1.807) is 194 Å². The van der Waals surface area contributed by atoms with E-state index < -0.39 is 45.9 Å². The van der Waals surface area contributed by atoms with Crippen LogP contribution in [0.4, 0.5) is 11.4 Å². The Morgan fingerprint density at radius 2 is 0.472 bits per heavy atom. The van der Waals surface area contributed by atoms with Crippen molar-refractivity contribution in [1.82, 2.24) is 9.13 Å². The molecule has 2 aromatic heterocycles. The minimum absolute atomic E-state index is 0.0725. The van der Waals surface area contributed by atoms with Crippen molar-refractivity contribution in [3.8, 4) is 103 Å². The number of anilines is 2. The second-order valence-corrected chi connectivity index (χ2v) is 24.7. The summed E-state index contributed by atoms with van der Waals surface area (Å²) in [5, 5.41) is -0.460. The molecule has 13 aromatic carbocycles. The van der Waals surface area contributed by atoms with Gasteiger partial charge in [-0.15, -0.1) is 0 Å². The summed E-state index contributed by atoms with van der Waals surface area (Å²) in [4.78, 5) is 119. The first-order valence-electron chi connectivity index (χ1n) is 33.5. The Kier molecular flexibility index (Phi) is 16.1. The topological polar surface area (TPSA) is 190 Å². The van der Waals surface area contributed by atoms with E-state index in [0.717, 1.165) is 30.1 Å². The number of nitrogens with zero attached hydrogens (tertiary/aromatic N) is 4. The maximum absolute atomic E-state index is 14.8. The van der Waals surface area contributed by atoms with Crippen LogP contribution in [0.15, 0.2) is 322 Å². The van der Waals surface area contributed by atoms with Crippen LogP contribution in [-0.2, 0) is 0 Å². The minimum atomic E-state index is -0.770. The lowest BCUT2D eigenvalue weighted by Gasteiger charge is -2.20. The van der Waals surface area contributed by atoms with Crippen LogP contribution in [0, 0.1) is 23.7 Å². The summed E-state index contributed by atoms with van der Waals surface area (Å²) in [5.41, 5.74) is 2.73. The molecule has 2 aliphatic heterocycles. The van der Waals surface area contributed by atoms with Crippen LogP contribution in [-0.4, -0.2) is 32.8 Å². The van der Waals surface area contributed by atoms with Gasteiger partial charge in [0.1, 0.15) is 23.0 Å². The zero-order valence-corrected chi connectivity index (χ0v) is 55.6. The summed E-state index contributed by atoms with van der Waals surface area (Å²) < 4.78 is 28.7. The van der Waals surface area contributed by atoms with Crippen molar-refractivity contribution in [1.29, 1.82) is 0 Å². The summed E-state index contributed by atoms with van der Waals surface area (Å²) in [7, 11) is 0. The second-order valence-electron chi connectivity index (χ2n) is 24.7. The van der Waals surface area contributed by atoms with Crippen LogP contribution in [0.25, 0.3) is 55.2 Å². The lowest BCUT2D eigenvalue weighted by Crippen LogP contribution is -2.29. The predicted molar refractivity (Wildman–Crippen MR) is 405 cm³/mol. The molecule has 0 saturated heterocycles. The van der Waals surface area contributed by atoms with Crippen molar-refractivity contribution >= 4 is 56.5 Å². The van der Waals surface area contributed by atoms with Crippen LogP contribution in [0.1, 0.15) is 63.7 Å². The normalized spacial score (nSPS) is 12.2. The number of para-hydroxylation sites is 12. The molecule has 502 valence electrons. The van der Waals surface area contributed by atoms with Crippen molar-refractivity contribution in [3.63, 3.8) is 0 Å². The van der Waals surface area contributed by atoms with E-state index >= 15 is 0 Å². The van der Waals surface area contributed by atoms with Gasteiger partial charge in [-0.05, 0) is 133 Å². The van der Waals surface area contributed by atoms with Crippen molar-refractivity contribution in [2.75, 3.05) is 9.80 Å². The molecule has 17 rings (SSSR count). The number of benzene rings is 13. The minimum Gasteiger partial charge on any atom is -0.455 e. The van der Waals surface area contributed by atoms with Gasteiger partial charge in [0.15, 0.2) is 23.0 Å². The van der Waals surface area contributed by atoms with Crippen molar-refractivity contribution in [3.05, 3.63) is 389 Å². The highest BCUT2D eigenvalue weighted by Crippen LogP contribution is 2.47. The summed E-state index contributed by atoms with van der Waals surface area (Å²) in [6.45, 7) is 0. The van der Waals surface area contributed by atoms with Gasteiger partial charge in [-0.2, -0.15) is 0 Å². The number of imide groups is 2. The monoisotopic (exact) mass is 1380 g/mol. The summed E-state index contributed by atoms with van der Waals surface area (Å²) in [6.07, 6.45) is 0. The van der Waals surface area contributed by atoms with Crippen LogP contribution in [0.3, 0.4) is 0 Å². The quantitative estimate of drug-likeness (QED) is 0.0741. The fourth-order valence-electron chi connectivity index (χ4n) is 13.4. The number of ether oxygens (including phenoxy) is 4. The molecule has 4 heterocycles. The van der Waals surface area contributed by atoms with Gasteiger partial charge in [-0.25, -0.2) is 18.9 Å². The standard InChI is InChI=1S/C90H50N4O12/c95-83-63-35-23-29-57(51-49-55-25-3-1-4-26-55)81(63)89(101)93(83)71-39-13-21-47-79(71)105-75-43-17-9-33-61(75)59-31-7-15-41-73(59)103-77-45-19-11-37-69(77)91-85(97)65-53-67-68(54-66(65)86(91)98)88(100)92(87(67)99)70-38-12-20-46-78(70)104-74-42-16-8-32-60(74)62-34-10-18-44-76(62)106-80-48-22-14-40-72(80)94-84(96)64-36-24-30-58(82(64)90(94)102)52-50-56-27-5-2-6-28-56/h1-48,53-54H. The van der Waals surface area contributed by atoms with Crippen molar-refractivity contribution in [2.45, 2.75) is 0 Å². The molecule has 0 fully saturated rings. The highest BCUT2D eigenvalue weighted by Gasteiger charge is 2.41. The molecule has 15 aromatic rings. The Morgan fingerprint density at radius 1 is 0.217 bits per heavy atom. The van der Waals surface area contributed by atoms with E-state index in [0.29, 0.717) is 56.4 Å². The molecular weight excluding hydrogens is 1330 g/mol. The van der Waals surface area contributed by atoms with Gasteiger partial charge >= 0.3 is 0 Å². The molecule has 0 atom stereocenters. The lowest BCUT2D eigenvalue weighted by molar-refractivity contribution is 0.0909. The van der Waals surface area contributed by atoms with E-state index in [1.165, 1.54) is 12.1 Å². The van der Waals surface area contributed by atoms with E-state index in [-0.39, 0.29) is 89.5 Å². The van der Waals surface area contributed by atoms with Crippen LogP contribution < -0.4 is 51.0 Å². The molecule has 0 bridgehead atoms. The SMILES string of the molecule is O=C1c2cccc(C#Cc3ccccc3)c2C(=O)N1c1ccccc1Oc1ccccc1-c1ccccc1Oc1ccccc1-n1c(=O)c2cc3c(=O)n(-c4ccccc4Oc4ccccc4-c4ccccc4Oc4ccccc4N4C(=O)c5cccc(C#Cc6ccccc6)c5C4=O)c(=O)c3cc2c1=O. The van der Waals surface area contributed by atoms with Crippen molar-refractivity contribution in [2.24, 2.45) is 0 Å². The molecule has 16 heteroatoms. The number of amides is 4. The molecule has 0 spiro atoms. The van der Waals surface area contributed by atoms with Crippen LogP contribution in [0.5, 0.6) is 46.0 Å². The van der Waals surface area contributed by atoms with Gasteiger partial charge in [-0.3, -0.25) is 38.4 Å². The molecular formula is C90H50N4O12. The number of rotatable bonds is 14. The number of hydrogen-bond acceptors (Lipinski definition) is 12. The average Bonchev–Trinajstić information content (AvgIpc) is 1.68. The first-order chi connectivity index (χ1) is 51.9. The fraction of sp³-hybridized carbons (Fsp3) is 0. The molecule has 0 unspecified atom stereocenters. The largest absolute Gasteiger partial charge is 0.455 e. The third-order valence-electron chi connectivity index (χ3n) is 18.4. The zero-order chi connectivity index (χ0) is 72.1. The highest BCUT2D eigenvalue weighted by atomic mass is 16.5. The van der Waals surface area contributed by atoms with Gasteiger partial charge < -0.3 is 18.9 Å². The molecule has 4 amide bonds. The van der Waals surface area contributed by atoms with Crippen LogP contribution >= 0.6 is 0 Å². The number of aromatic nitrogens is 2. The van der Waals surface area contributed by atoms with Crippen molar-refractivity contribution < 1.29 is 38.1 Å². The molecule has 16 nitrogen and oxygen atoms in total. The number of carbonyl (C=O) groups is 4. The Balaban J connectivity index is 0.648. The maximum Gasteiger partial charge on any atom is 0.267 e. The first-order valence-corrected chi connectivity index (χ1v) is 33.5. The molecule has 0 aliphatic carbocycles. The molecule has 0 N–H and O–H groups in total. The predicted octanol–water partition coefficient (Wildman–Crippen LogP) is 16.8. The lowest BCUT2D eigenvalue weighted by atomic mass is 10.0. The number of hydrogen-bond donors (Lipinski definition) is 0. The van der Waals surface area contributed by atoms with E-state index in [9.17, 15) is 38.4 Å². The van der Waals surface area contributed by atoms with E-state index in [2.05, 4.69) is 23.7 Å². The zero-order valence-electron chi connectivity index (χ0n) is 55.6. The Hall–Kier alpha value is -15.3. The second kappa shape index (κ2) is 26.7. The Labute approximate surface area is 602 Å². The molecule has 2 aliphatic rings. The van der Waals surface area contributed by atoms with E-state index in [1.807, 2.05) is 97.1 Å². The van der Waals surface area contributed by atoms with Gasteiger partial charge in [0.2, 0.25) is 0 Å². The average molecular weight is 1380 g/mol. The third-order valence-corrected chi connectivity index (χ3v) is 18.4. The first kappa shape index (κ1) is 64.1. The molecule has 0 radical (unpaired) electrons. The Morgan fingerprint density at radius 3 is 0.792 bits per heavy atom. The highest BCUT2D eigenvalue weighted by molar-refractivity contribution is 6.36. The summed E-state index contributed by atoms with van der Waals surface area (Å²) >= 11 is 0. The Bertz CT molecular complexity index is 6110. The third kappa shape index (κ3) is 11.2. The summed E-state index contributed by atoms with van der Waals surface area (Å²) in [5.74, 6) is 12.1. The molecule has 0 saturated carbocycles. The fourth-order valence-corrected chi connectivity index (χ4v) is 13.4. The van der Waals surface area contributed by atoms with Gasteiger partial charge in [0.05, 0.1) is 66.5 Å². The number of fused-ring (bicyclic) bond motifs is 4. The van der Waals surface area contributed by atoms with Crippen LogP contribution in [0.2, 0.25) is 0 Å². The van der Waals surface area contributed by atoms with Gasteiger partial charge in [-0.1, -0.05) is 194 Å². The van der Waals surface area contributed by atoms with Gasteiger partial charge in [0.25, 0.3) is 45.9 Å². The molecule has 106 heavy (non-hydrogen) atoms. The maximum atomic E-state index is 14.8.